The van der Waals surface area contributed by atoms with Crippen LogP contribution in [0, 0.1) is 11.6 Å². The molecule has 0 radical (unpaired) electrons. The summed E-state index contributed by atoms with van der Waals surface area (Å²) in [4.78, 5) is 28.1. The van der Waals surface area contributed by atoms with E-state index in [0.29, 0.717) is 0 Å². The van der Waals surface area contributed by atoms with E-state index in [4.69, 9.17) is 0 Å². The van der Waals surface area contributed by atoms with Crippen molar-refractivity contribution in [1.29, 1.82) is 0 Å². The number of amides is 2. The van der Waals surface area contributed by atoms with Gasteiger partial charge >= 0.3 is 0 Å². The van der Waals surface area contributed by atoms with E-state index in [1.807, 2.05) is 0 Å². The van der Waals surface area contributed by atoms with Crippen molar-refractivity contribution in [2.45, 2.75) is 12.5 Å². The molecule has 2 aromatic rings. The summed E-state index contributed by atoms with van der Waals surface area (Å²) in [5.41, 5.74) is 0.352. The summed E-state index contributed by atoms with van der Waals surface area (Å²) < 4.78 is 27.0. The third-order valence-corrected chi connectivity index (χ3v) is 3.50. The van der Waals surface area contributed by atoms with E-state index in [1.54, 1.807) is 6.07 Å². The molecule has 1 heterocycles. The van der Waals surface area contributed by atoms with Crippen molar-refractivity contribution in [2.75, 3.05) is 0 Å². The van der Waals surface area contributed by atoms with Gasteiger partial charge in [-0.3, -0.25) is 20.2 Å². The minimum absolute atomic E-state index is 0.0275. The molecule has 0 saturated carbocycles. The Bertz CT molecular complexity index is 836. The van der Waals surface area contributed by atoms with Crippen molar-refractivity contribution < 1.29 is 18.4 Å². The fourth-order valence-corrected chi connectivity index (χ4v) is 2.39. The van der Waals surface area contributed by atoms with Gasteiger partial charge in [0.1, 0.15) is 11.6 Å². The van der Waals surface area contributed by atoms with Crippen LogP contribution in [0.2, 0.25) is 0 Å². The van der Waals surface area contributed by atoms with Crippen molar-refractivity contribution >= 4 is 17.8 Å². The van der Waals surface area contributed by atoms with Gasteiger partial charge in [-0.25, -0.2) is 13.8 Å². The molecule has 7 heteroatoms. The van der Waals surface area contributed by atoms with Gasteiger partial charge in [-0.05, 0) is 24.3 Å². The highest BCUT2D eigenvalue weighted by Gasteiger charge is 2.25. The number of carbonyl (C=O) groups is 2. The molecular formula is C17H13F2N3O2. The number of rotatable bonds is 2. The van der Waals surface area contributed by atoms with Gasteiger partial charge in [-0.2, -0.15) is 0 Å². The van der Waals surface area contributed by atoms with E-state index in [2.05, 4.69) is 15.6 Å². The average Bonchev–Trinajstić information content (AvgIpc) is 2.54. The van der Waals surface area contributed by atoms with Crippen LogP contribution in [0.15, 0.2) is 53.5 Å². The topological polar surface area (TPSA) is 70.6 Å². The third kappa shape index (κ3) is 3.45. The minimum atomic E-state index is -0.734. The summed E-state index contributed by atoms with van der Waals surface area (Å²) in [6.45, 7) is 0. The summed E-state index contributed by atoms with van der Waals surface area (Å²) in [6, 6.07) is 10.4. The lowest BCUT2D eigenvalue weighted by Crippen LogP contribution is -2.47. The average molecular weight is 329 g/mol. The van der Waals surface area contributed by atoms with Crippen LogP contribution in [0.3, 0.4) is 0 Å². The molecule has 5 nitrogen and oxygen atoms in total. The summed E-state index contributed by atoms with van der Waals surface area (Å²) in [7, 11) is 0. The van der Waals surface area contributed by atoms with Crippen molar-refractivity contribution in [2.24, 2.45) is 4.99 Å². The van der Waals surface area contributed by atoms with Crippen LogP contribution in [0.1, 0.15) is 28.4 Å². The van der Waals surface area contributed by atoms with Crippen LogP contribution in [0.25, 0.3) is 0 Å². The van der Waals surface area contributed by atoms with Gasteiger partial charge in [0.15, 0.2) is 0 Å². The Morgan fingerprint density at radius 2 is 1.96 bits per heavy atom. The number of aliphatic imine (C=N–C) groups is 1. The van der Waals surface area contributed by atoms with Crippen LogP contribution < -0.4 is 10.6 Å². The quantitative estimate of drug-likeness (QED) is 0.888. The summed E-state index contributed by atoms with van der Waals surface area (Å²) >= 11 is 0. The van der Waals surface area contributed by atoms with E-state index in [9.17, 15) is 18.4 Å². The summed E-state index contributed by atoms with van der Waals surface area (Å²) in [5, 5.41) is 4.82. The minimum Gasteiger partial charge on any atom is -0.296 e. The highest BCUT2D eigenvalue weighted by atomic mass is 19.1. The van der Waals surface area contributed by atoms with Crippen LogP contribution in [0.5, 0.6) is 0 Å². The predicted octanol–water partition coefficient (Wildman–Crippen LogP) is 2.31. The van der Waals surface area contributed by atoms with E-state index < -0.39 is 29.5 Å². The highest BCUT2D eigenvalue weighted by molar-refractivity contribution is 6.10. The number of halogens is 2. The molecule has 0 fully saturated rings. The monoisotopic (exact) mass is 329 g/mol. The zero-order chi connectivity index (χ0) is 17.1. The van der Waals surface area contributed by atoms with Crippen LogP contribution in [-0.4, -0.2) is 17.8 Å². The molecule has 0 spiro atoms. The van der Waals surface area contributed by atoms with Crippen molar-refractivity contribution in [1.82, 2.24) is 10.6 Å². The molecule has 3 rings (SSSR count). The Balaban J connectivity index is 1.83. The fraction of sp³-hybridized carbons (Fsp3) is 0.118. The zero-order valence-electron chi connectivity index (χ0n) is 12.4. The van der Waals surface area contributed by atoms with Crippen molar-refractivity contribution in [3.63, 3.8) is 0 Å². The molecule has 0 unspecified atom stereocenters. The fourth-order valence-electron chi connectivity index (χ4n) is 2.39. The molecule has 122 valence electrons. The SMILES string of the molecule is O=C1C[C@H](c2ccccc2F)N=C(NC(=O)c2cccc(F)c2)N1. The molecule has 0 saturated heterocycles. The molecule has 2 N–H and O–H groups in total. The van der Waals surface area contributed by atoms with Crippen LogP contribution >= 0.6 is 0 Å². The number of nitrogens with zero attached hydrogens (tertiary/aromatic N) is 1. The second-order valence-electron chi connectivity index (χ2n) is 5.23. The van der Waals surface area contributed by atoms with Gasteiger partial charge in [-0.1, -0.05) is 24.3 Å². The lowest BCUT2D eigenvalue weighted by Gasteiger charge is -2.21. The van der Waals surface area contributed by atoms with Crippen LogP contribution in [-0.2, 0) is 4.79 Å². The Morgan fingerprint density at radius 3 is 2.71 bits per heavy atom. The van der Waals surface area contributed by atoms with Crippen LogP contribution in [0.4, 0.5) is 8.78 Å². The smallest absolute Gasteiger partial charge is 0.258 e. The summed E-state index contributed by atoms with van der Waals surface area (Å²) in [6.07, 6.45) is -0.0275. The van der Waals surface area contributed by atoms with Gasteiger partial charge in [0.25, 0.3) is 5.91 Å². The highest BCUT2D eigenvalue weighted by Crippen LogP contribution is 2.25. The standard InChI is InChI=1S/C17H13F2N3O2/c18-11-5-3-4-10(8-11)16(24)22-17-20-14(9-15(23)21-17)12-6-1-2-7-13(12)19/h1-8,14H,9H2,(H2,20,21,22,23,24)/t14-/m1/s1. The Morgan fingerprint density at radius 1 is 1.17 bits per heavy atom. The normalized spacial score (nSPS) is 17.0. The molecule has 24 heavy (non-hydrogen) atoms. The van der Waals surface area contributed by atoms with Gasteiger partial charge in [0.05, 0.1) is 12.5 Å². The second-order valence-corrected chi connectivity index (χ2v) is 5.23. The first-order chi connectivity index (χ1) is 11.5. The first kappa shape index (κ1) is 15.8. The number of guanidine groups is 1. The molecule has 1 aliphatic heterocycles. The zero-order valence-corrected chi connectivity index (χ0v) is 12.4. The van der Waals surface area contributed by atoms with E-state index in [0.717, 1.165) is 6.07 Å². The van der Waals surface area contributed by atoms with Gasteiger partial charge in [0, 0.05) is 11.1 Å². The molecule has 1 aliphatic rings. The lowest BCUT2D eigenvalue weighted by atomic mass is 10.0. The number of carbonyl (C=O) groups excluding carboxylic acids is 2. The maximum atomic E-state index is 13.9. The summed E-state index contributed by atoms with van der Waals surface area (Å²) in [5.74, 6) is -2.14. The van der Waals surface area contributed by atoms with Gasteiger partial charge in [-0.15, -0.1) is 0 Å². The first-order valence-corrected chi connectivity index (χ1v) is 7.22. The first-order valence-electron chi connectivity index (χ1n) is 7.22. The van der Waals surface area contributed by atoms with Crippen molar-refractivity contribution in [3.05, 3.63) is 71.3 Å². The lowest BCUT2D eigenvalue weighted by molar-refractivity contribution is -0.120. The van der Waals surface area contributed by atoms with E-state index >= 15 is 0 Å². The molecule has 2 aromatic carbocycles. The molecular weight excluding hydrogens is 316 g/mol. The molecule has 1 atom stereocenters. The Labute approximate surface area is 136 Å². The maximum absolute atomic E-state index is 13.9. The van der Waals surface area contributed by atoms with Crippen molar-refractivity contribution in [3.8, 4) is 0 Å². The molecule has 2 amide bonds. The predicted molar refractivity (Wildman–Crippen MR) is 83.2 cm³/mol. The molecule has 0 bridgehead atoms. The number of nitrogens with one attached hydrogen (secondary N) is 2. The maximum Gasteiger partial charge on any atom is 0.258 e. The van der Waals surface area contributed by atoms with Gasteiger partial charge < -0.3 is 0 Å². The van der Waals surface area contributed by atoms with E-state index in [-0.39, 0.29) is 23.5 Å². The Hall–Kier alpha value is -3.09. The number of hydrogen-bond donors (Lipinski definition) is 2. The number of hydrogen-bond acceptors (Lipinski definition) is 3. The molecule has 0 aromatic heterocycles. The number of benzene rings is 2. The second kappa shape index (κ2) is 6.57. The van der Waals surface area contributed by atoms with Gasteiger partial charge in [0.2, 0.25) is 11.9 Å². The molecule has 0 aliphatic carbocycles. The third-order valence-electron chi connectivity index (χ3n) is 3.50. The largest absolute Gasteiger partial charge is 0.296 e. The van der Waals surface area contributed by atoms with E-state index in [1.165, 1.54) is 36.4 Å². The Kier molecular flexibility index (Phi) is 4.33.